The SMILES string of the molecule is Cc1cccc2c(N)cn(C)c12. The summed E-state index contributed by atoms with van der Waals surface area (Å²) in [6.07, 6.45) is 1.96. The number of rotatable bonds is 0. The lowest BCUT2D eigenvalue weighted by Gasteiger charge is -1.98. The summed E-state index contributed by atoms with van der Waals surface area (Å²) in [6, 6.07) is 6.19. The fourth-order valence-corrected chi connectivity index (χ4v) is 1.70. The van der Waals surface area contributed by atoms with Crippen LogP contribution in [-0.4, -0.2) is 4.57 Å². The third-order valence-corrected chi connectivity index (χ3v) is 2.23. The van der Waals surface area contributed by atoms with Crippen molar-refractivity contribution in [2.45, 2.75) is 6.92 Å². The van der Waals surface area contributed by atoms with E-state index in [1.807, 2.05) is 19.3 Å². The maximum atomic E-state index is 5.83. The average Bonchev–Trinajstić information content (AvgIpc) is 2.29. The van der Waals surface area contributed by atoms with Crippen LogP contribution in [0.4, 0.5) is 5.69 Å². The fraction of sp³-hybridized carbons (Fsp3) is 0.200. The Balaban J connectivity index is 2.99. The first kappa shape index (κ1) is 7.22. The Morgan fingerprint density at radius 3 is 2.75 bits per heavy atom. The predicted octanol–water partition coefficient (Wildman–Crippen LogP) is 2.07. The summed E-state index contributed by atoms with van der Waals surface area (Å²) in [5.41, 5.74) is 9.18. The molecule has 0 aliphatic carbocycles. The van der Waals surface area contributed by atoms with Gasteiger partial charge in [-0.1, -0.05) is 18.2 Å². The minimum Gasteiger partial charge on any atom is -0.397 e. The molecule has 12 heavy (non-hydrogen) atoms. The molecule has 0 saturated carbocycles. The number of nitrogens with two attached hydrogens (primary N) is 1. The van der Waals surface area contributed by atoms with Crippen molar-refractivity contribution in [1.29, 1.82) is 0 Å². The number of hydrogen-bond donors (Lipinski definition) is 1. The first-order valence-corrected chi connectivity index (χ1v) is 4.00. The van der Waals surface area contributed by atoms with Crippen LogP contribution in [0.5, 0.6) is 0 Å². The Bertz CT molecular complexity index is 427. The minimum atomic E-state index is 0.858. The van der Waals surface area contributed by atoms with Crippen molar-refractivity contribution in [2.75, 3.05) is 5.73 Å². The van der Waals surface area contributed by atoms with Crippen molar-refractivity contribution in [1.82, 2.24) is 4.57 Å². The predicted molar refractivity (Wildman–Crippen MR) is 52.1 cm³/mol. The molecule has 0 unspecified atom stereocenters. The van der Waals surface area contributed by atoms with E-state index in [4.69, 9.17) is 5.73 Å². The van der Waals surface area contributed by atoms with Gasteiger partial charge in [0.15, 0.2) is 0 Å². The van der Waals surface area contributed by atoms with Gasteiger partial charge in [-0.25, -0.2) is 0 Å². The average molecular weight is 160 g/mol. The monoisotopic (exact) mass is 160 g/mol. The minimum absolute atomic E-state index is 0.858. The van der Waals surface area contributed by atoms with Gasteiger partial charge < -0.3 is 10.3 Å². The quantitative estimate of drug-likeness (QED) is 0.628. The fourth-order valence-electron chi connectivity index (χ4n) is 1.70. The lowest BCUT2D eigenvalue weighted by Crippen LogP contribution is -1.86. The summed E-state index contributed by atoms with van der Waals surface area (Å²) in [6.45, 7) is 2.10. The van der Waals surface area contributed by atoms with Crippen LogP contribution in [0.2, 0.25) is 0 Å². The van der Waals surface area contributed by atoms with Gasteiger partial charge in [0, 0.05) is 18.6 Å². The molecule has 0 amide bonds. The van der Waals surface area contributed by atoms with Crippen molar-refractivity contribution in [3.05, 3.63) is 30.0 Å². The summed E-state index contributed by atoms with van der Waals surface area (Å²) in [5, 5.41) is 1.15. The van der Waals surface area contributed by atoms with Crippen molar-refractivity contribution >= 4 is 16.6 Å². The number of benzene rings is 1. The Kier molecular flexibility index (Phi) is 1.37. The van der Waals surface area contributed by atoms with Gasteiger partial charge in [0.25, 0.3) is 0 Å². The van der Waals surface area contributed by atoms with Crippen LogP contribution in [0.1, 0.15) is 5.56 Å². The third-order valence-electron chi connectivity index (χ3n) is 2.23. The van der Waals surface area contributed by atoms with Gasteiger partial charge >= 0.3 is 0 Å². The van der Waals surface area contributed by atoms with Crippen LogP contribution >= 0.6 is 0 Å². The molecule has 0 fully saturated rings. The number of nitrogen functional groups attached to an aromatic ring is 1. The van der Waals surface area contributed by atoms with Gasteiger partial charge in [0.2, 0.25) is 0 Å². The Morgan fingerprint density at radius 2 is 2.08 bits per heavy atom. The number of nitrogens with zero attached hydrogens (tertiary/aromatic N) is 1. The van der Waals surface area contributed by atoms with Gasteiger partial charge in [-0.15, -0.1) is 0 Å². The van der Waals surface area contributed by atoms with Gasteiger partial charge in [-0.05, 0) is 12.5 Å². The van der Waals surface area contributed by atoms with E-state index in [0.717, 1.165) is 11.1 Å². The molecule has 2 aromatic rings. The molecule has 62 valence electrons. The molecule has 0 radical (unpaired) electrons. The highest BCUT2D eigenvalue weighted by Crippen LogP contribution is 2.24. The Labute approximate surface area is 71.6 Å². The second kappa shape index (κ2) is 2.27. The van der Waals surface area contributed by atoms with E-state index < -0.39 is 0 Å². The number of para-hydroxylation sites is 1. The summed E-state index contributed by atoms with van der Waals surface area (Å²) in [7, 11) is 2.02. The van der Waals surface area contributed by atoms with E-state index in [0.29, 0.717) is 0 Å². The summed E-state index contributed by atoms with van der Waals surface area (Å²) >= 11 is 0. The number of fused-ring (bicyclic) bond motifs is 1. The molecule has 2 heteroatoms. The zero-order chi connectivity index (χ0) is 8.72. The number of aryl methyl sites for hydroxylation is 2. The molecule has 1 heterocycles. The molecule has 2 nitrogen and oxygen atoms in total. The molecule has 0 aliphatic heterocycles. The normalized spacial score (nSPS) is 10.8. The third kappa shape index (κ3) is 0.811. The zero-order valence-corrected chi connectivity index (χ0v) is 7.33. The summed E-state index contributed by atoms with van der Waals surface area (Å²) < 4.78 is 2.07. The molecule has 0 spiro atoms. The van der Waals surface area contributed by atoms with Crippen LogP contribution in [0.25, 0.3) is 10.9 Å². The van der Waals surface area contributed by atoms with Crippen LogP contribution in [0.3, 0.4) is 0 Å². The first-order chi connectivity index (χ1) is 5.70. The van der Waals surface area contributed by atoms with E-state index >= 15 is 0 Å². The van der Waals surface area contributed by atoms with Crippen molar-refractivity contribution < 1.29 is 0 Å². The molecule has 0 bridgehead atoms. The molecule has 1 aromatic heterocycles. The lowest BCUT2D eigenvalue weighted by molar-refractivity contribution is 0.965. The molecular weight excluding hydrogens is 148 g/mol. The Hall–Kier alpha value is -1.44. The highest BCUT2D eigenvalue weighted by molar-refractivity contribution is 5.93. The van der Waals surface area contributed by atoms with Crippen molar-refractivity contribution in [3.63, 3.8) is 0 Å². The Morgan fingerprint density at radius 1 is 1.33 bits per heavy atom. The van der Waals surface area contributed by atoms with Crippen LogP contribution in [0.15, 0.2) is 24.4 Å². The van der Waals surface area contributed by atoms with Gasteiger partial charge in [0.1, 0.15) is 0 Å². The zero-order valence-electron chi connectivity index (χ0n) is 7.33. The van der Waals surface area contributed by atoms with Crippen molar-refractivity contribution in [2.24, 2.45) is 7.05 Å². The summed E-state index contributed by atoms with van der Waals surface area (Å²) in [4.78, 5) is 0. The molecule has 0 saturated heterocycles. The second-order valence-corrected chi connectivity index (χ2v) is 3.17. The highest BCUT2D eigenvalue weighted by Gasteiger charge is 2.03. The maximum Gasteiger partial charge on any atom is 0.0573 e. The van der Waals surface area contributed by atoms with Crippen molar-refractivity contribution in [3.8, 4) is 0 Å². The van der Waals surface area contributed by atoms with E-state index in [2.05, 4.69) is 23.6 Å². The molecule has 0 atom stereocenters. The smallest absolute Gasteiger partial charge is 0.0573 e. The highest BCUT2D eigenvalue weighted by atomic mass is 14.9. The van der Waals surface area contributed by atoms with Crippen LogP contribution in [-0.2, 0) is 7.05 Å². The first-order valence-electron chi connectivity index (χ1n) is 4.00. The van der Waals surface area contributed by atoms with Gasteiger partial charge in [-0.3, -0.25) is 0 Å². The number of hydrogen-bond acceptors (Lipinski definition) is 1. The molecule has 1 aromatic carbocycles. The van der Waals surface area contributed by atoms with E-state index in [9.17, 15) is 0 Å². The molecule has 2 N–H and O–H groups in total. The maximum absolute atomic E-state index is 5.83. The largest absolute Gasteiger partial charge is 0.397 e. The molecule has 0 aliphatic rings. The second-order valence-electron chi connectivity index (χ2n) is 3.17. The van der Waals surface area contributed by atoms with Crippen LogP contribution < -0.4 is 5.73 Å². The van der Waals surface area contributed by atoms with Gasteiger partial charge in [-0.2, -0.15) is 0 Å². The topological polar surface area (TPSA) is 30.9 Å². The van der Waals surface area contributed by atoms with E-state index in [1.54, 1.807) is 0 Å². The number of anilines is 1. The van der Waals surface area contributed by atoms with E-state index in [-0.39, 0.29) is 0 Å². The molecular formula is C10H12N2. The standard InChI is InChI=1S/C10H12N2/c1-7-4-3-5-8-9(11)6-12(2)10(7)8/h3-6H,11H2,1-2H3. The lowest BCUT2D eigenvalue weighted by atomic mass is 10.1. The number of aromatic nitrogens is 1. The van der Waals surface area contributed by atoms with Crippen LogP contribution in [0, 0.1) is 6.92 Å². The van der Waals surface area contributed by atoms with E-state index in [1.165, 1.54) is 11.1 Å². The molecule has 2 rings (SSSR count). The van der Waals surface area contributed by atoms with Gasteiger partial charge in [0.05, 0.1) is 11.2 Å². The summed E-state index contributed by atoms with van der Waals surface area (Å²) in [5.74, 6) is 0.